The van der Waals surface area contributed by atoms with Crippen LogP contribution in [0.5, 0.6) is 5.75 Å². The van der Waals surface area contributed by atoms with Gasteiger partial charge in [0.1, 0.15) is 12.4 Å². The van der Waals surface area contributed by atoms with Gasteiger partial charge in [-0.3, -0.25) is 4.31 Å². The third-order valence-electron chi connectivity index (χ3n) is 5.43. The van der Waals surface area contributed by atoms with Crippen LogP contribution in [-0.4, -0.2) is 26.0 Å². The number of sulfonamides is 1. The minimum atomic E-state index is -3.76. The first-order valence-corrected chi connectivity index (χ1v) is 11.9. The standard InChI is InChI=1S/C25H25NO5S/c1-18-7-14-24(31-17-20-10-12-21(13-11-20)25(27)28)23(15-18)26(16-19-8-9-19)32(29,30)22-5-3-2-4-6-22/h2-7,10-15,19H,8-9,16-17H2,1H3,(H,27,28). The topological polar surface area (TPSA) is 83.9 Å². The van der Waals surface area contributed by atoms with Crippen LogP contribution in [0.4, 0.5) is 5.69 Å². The number of nitrogens with zero attached hydrogens (tertiary/aromatic N) is 1. The summed E-state index contributed by atoms with van der Waals surface area (Å²) in [6, 6.07) is 20.4. The third-order valence-corrected chi connectivity index (χ3v) is 7.22. The largest absolute Gasteiger partial charge is 0.487 e. The third kappa shape index (κ3) is 4.94. The van der Waals surface area contributed by atoms with Gasteiger partial charge in [-0.2, -0.15) is 0 Å². The van der Waals surface area contributed by atoms with E-state index in [9.17, 15) is 13.2 Å². The average Bonchev–Trinajstić information content (AvgIpc) is 3.62. The Morgan fingerprint density at radius 3 is 2.34 bits per heavy atom. The van der Waals surface area contributed by atoms with Crippen LogP contribution in [-0.2, 0) is 16.6 Å². The average molecular weight is 452 g/mol. The molecule has 0 bridgehead atoms. The Bertz CT molecular complexity index is 1200. The summed E-state index contributed by atoms with van der Waals surface area (Å²) in [4.78, 5) is 11.3. The van der Waals surface area contributed by atoms with Crippen molar-refractivity contribution in [3.8, 4) is 5.75 Å². The zero-order valence-electron chi connectivity index (χ0n) is 17.8. The zero-order chi connectivity index (χ0) is 22.7. The lowest BCUT2D eigenvalue weighted by Gasteiger charge is -2.27. The van der Waals surface area contributed by atoms with Gasteiger partial charge in [-0.25, -0.2) is 13.2 Å². The van der Waals surface area contributed by atoms with Crippen molar-refractivity contribution in [3.63, 3.8) is 0 Å². The molecule has 4 rings (SSSR count). The molecule has 0 saturated heterocycles. The first kappa shape index (κ1) is 21.9. The number of hydrogen-bond acceptors (Lipinski definition) is 4. The monoisotopic (exact) mass is 451 g/mol. The summed E-state index contributed by atoms with van der Waals surface area (Å²) in [6.07, 6.45) is 2.03. The number of carboxylic acids is 1. The van der Waals surface area contributed by atoms with E-state index in [0.29, 0.717) is 23.9 Å². The van der Waals surface area contributed by atoms with Gasteiger partial charge in [0.05, 0.1) is 16.1 Å². The molecule has 1 aliphatic rings. The Labute approximate surface area is 188 Å². The number of aromatic carboxylic acids is 1. The Morgan fingerprint density at radius 1 is 1.03 bits per heavy atom. The lowest BCUT2D eigenvalue weighted by atomic mass is 10.1. The molecule has 0 atom stereocenters. The van der Waals surface area contributed by atoms with Crippen LogP contribution < -0.4 is 9.04 Å². The maximum Gasteiger partial charge on any atom is 0.335 e. The fourth-order valence-electron chi connectivity index (χ4n) is 3.43. The van der Waals surface area contributed by atoms with E-state index in [-0.39, 0.29) is 17.1 Å². The summed E-state index contributed by atoms with van der Waals surface area (Å²) in [5.41, 5.74) is 2.45. The molecule has 0 aromatic heterocycles. The lowest BCUT2D eigenvalue weighted by molar-refractivity contribution is 0.0697. The second kappa shape index (κ2) is 9.04. The highest BCUT2D eigenvalue weighted by molar-refractivity contribution is 7.92. The molecule has 3 aromatic rings. The van der Waals surface area contributed by atoms with Crippen molar-refractivity contribution in [3.05, 3.63) is 89.5 Å². The smallest absolute Gasteiger partial charge is 0.335 e. The van der Waals surface area contributed by atoms with Crippen molar-refractivity contribution in [2.45, 2.75) is 31.3 Å². The van der Waals surface area contributed by atoms with Gasteiger partial charge in [0, 0.05) is 6.54 Å². The van der Waals surface area contributed by atoms with Crippen LogP contribution in [0.25, 0.3) is 0 Å². The summed E-state index contributed by atoms with van der Waals surface area (Å²) in [6.45, 7) is 2.52. The fourth-order valence-corrected chi connectivity index (χ4v) is 4.99. The van der Waals surface area contributed by atoms with E-state index < -0.39 is 16.0 Å². The SMILES string of the molecule is Cc1ccc(OCc2ccc(C(=O)O)cc2)c(N(CC2CC2)S(=O)(=O)c2ccccc2)c1. The number of ether oxygens (including phenoxy) is 1. The molecule has 166 valence electrons. The zero-order valence-corrected chi connectivity index (χ0v) is 18.6. The number of rotatable bonds is 9. The molecule has 6 nitrogen and oxygen atoms in total. The summed E-state index contributed by atoms with van der Waals surface area (Å²) in [5, 5.41) is 9.06. The van der Waals surface area contributed by atoms with Gasteiger partial charge in [0.15, 0.2) is 0 Å². The van der Waals surface area contributed by atoms with Crippen molar-refractivity contribution in [1.29, 1.82) is 0 Å². The highest BCUT2D eigenvalue weighted by Crippen LogP contribution is 2.38. The minimum Gasteiger partial charge on any atom is -0.487 e. The van der Waals surface area contributed by atoms with Crippen LogP contribution in [0.3, 0.4) is 0 Å². The maximum atomic E-state index is 13.5. The molecule has 32 heavy (non-hydrogen) atoms. The molecule has 0 amide bonds. The quantitative estimate of drug-likeness (QED) is 0.501. The summed E-state index contributed by atoms with van der Waals surface area (Å²) in [5.74, 6) is -0.177. The number of carboxylic acid groups (broad SMARTS) is 1. The maximum absolute atomic E-state index is 13.5. The Hall–Kier alpha value is -3.32. The van der Waals surface area contributed by atoms with Gasteiger partial charge >= 0.3 is 5.97 Å². The molecule has 1 N–H and O–H groups in total. The summed E-state index contributed by atoms with van der Waals surface area (Å²) in [7, 11) is -3.76. The van der Waals surface area contributed by atoms with Crippen molar-refractivity contribution in [2.24, 2.45) is 5.92 Å². The van der Waals surface area contributed by atoms with Crippen molar-refractivity contribution >= 4 is 21.7 Å². The molecular weight excluding hydrogens is 426 g/mol. The minimum absolute atomic E-state index is 0.193. The molecule has 0 aliphatic heterocycles. The van der Waals surface area contributed by atoms with Crippen LogP contribution in [0.1, 0.15) is 34.3 Å². The molecule has 3 aromatic carbocycles. The van der Waals surface area contributed by atoms with E-state index >= 15 is 0 Å². The van der Waals surface area contributed by atoms with Gasteiger partial charge in [-0.15, -0.1) is 0 Å². The second-order valence-corrected chi connectivity index (χ2v) is 9.92. The molecule has 7 heteroatoms. The van der Waals surface area contributed by atoms with Crippen molar-refractivity contribution in [1.82, 2.24) is 0 Å². The molecule has 0 radical (unpaired) electrons. The van der Waals surface area contributed by atoms with Gasteiger partial charge < -0.3 is 9.84 Å². The highest BCUT2D eigenvalue weighted by atomic mass is 32.2. The fraction of sp³-hybridized carbons (Fsp3) is 0.240. The van der Waals surface area contributed by atoms with E-state index in [2.05, 4.69) is 0 Å². The van der Waals surface area contributed by atoms with Crippen LogP contribution in [0.15, 0.2) is 77.7 Å². The van der Waals surface area contributed by atoms with Gasteiger partial charge in [0.25, 0.3) is 10.0 Å². The van der Waals surface area contributed by atoms with E-state index in [0.717, 1.165) is 24.0 Å². The van der Waals surface area contributed by atoms with Gasteiger partial charge in [-0.1, -0.05) is 36.4 Å². The predicted octanol–water partition coefficient (Wildman–Crippen LogP) is 4.88. The van der Waals surface area contributed by atoms with Crippen molar-refractivity contribution in [2.75, 3.05) is 10.8 Å². The van der Waals surface area contributed by atoms with E-state index in [1.807, 2.05) is 19.1 Å². The molecular formula is C25H25NO5S. The molecule has 1 aliphatic carbocycles. The number of hydrogen-bond donors (Lipinski definition) is 1. The Morgan fingerprint density at radius 2 is 1.72 bits per heavy atom. The molecule has 1 fully saturated rings. The number of benzene rings is 3. The molecule has 1 saturated carbocycles. The van der Waals surface area contributed by atoms with Crippen LogP contribution >= 0.6 is 0 Å². The summed E-state index contributed by atoms with van der Waals surface area (Å²) < 4.78 is 34.6. The Balaban J connectivity index is 1.66. The Kier molecular flexibility index (Phi) is 6.19. The molecule has 0 unspecified atom stereocenters. The van der Waals surface area contributed by atoms with E-state index in [1.54, 1.807) is 48.5 Å². The number of carbonyl (C=O) groups is 1. The van der Waals surface area contributed by atoms with Crippen molar-refractivity contribution < 1.29 is 23.1 Å². The summed E-state index contributed by atoms with van der Waals surface area (Å²) >= 11 is 0. The van der Waals surface area contributed by atoms with Crippen LogP contribution in [0, 0.1) is 12.8 Å². The number of aryl methyl sites for hydroxylation is 1. The number of anilines is 1. The van der Waals surface area contributed by atoms with Gasteiger partial charge in [-0.05, 0) is 73.2 Å². The highest BCUT2D eigenvalue weighted by Gasteiger charge is 2.33. The van der Waals surface area contributed by atoms with E-state index in [4.69, 9.17) is 9.84 Å². The normalized spacial score (nSPS) is 13.5. The predicted molar refractivity (Wildman–Crippen MR) is 123 cm³/mol. The van der Waals surface area contributed by atoms with E-state index in [1.165, 1.54) is 16.4 Å². The first-order valence-electron chi connectivity index (χ1n) is 10.5. The first-order chi connectivity index (χ1) is 15.3. The second-order valence-electron chi connectivity index (χ2n) is 8.05. The molecule has 0 heterocycles. The lowest BCUT2D eigenvalue weighted by Crippen LogP contribution is -2.33. The van der Waals surface area contributed by atoms with Crippen LogP contribution in [0.2, 0.25) is 0 Å². The molecule has 0 spiro atoms. The van der Waals surface area contributed by atoms with Gasteiger partial charge in [0.2, 0.25) is 0 Å².